The average Bonchev–Trinajstić information content (AvgIpc) is 2.77. The third-order valence-corrected chi connectivity index (χ3v) is 4.58. The molecule has 2 N–H and O–H groups in total. The Morgan fingerprint density at radius 3 is 2.60 bits per heavy atom. The quantitative estimate of drug-likeness (QED) is 0.892. The second kappa shape index (κ2) is 5.49. The molecular formula is C16H20ClN3. The van der Waals surface area contributed by atoms with Gasteiger partial charge >= 0.3 is 0 Å². The highest BCUT2D eigenvalue weighted by atomic mass is 35.5. The monoisotopic (exact) mass is 289 g/mol. The highest BCUT2D eigenvalue weighted by Crippen LogP contribution is 2.41. The number of nitrogens with two attached hydrogens (primary N) is 1. The van der Waals surface area contributed by atoms with Gasteiger partial charge in [0.1, 0.15) is 5.82 Å². The number of rotatable bonds is 2. The molecule has 2 aromatic rings. The fourth-order valence-electron chi connectivity index (χ4n) is 3.16. The zero-order valence-electron chi connectivity index (χ0n) is 11.8. The summed E-state index contributed by atoms with van der Waals surface area (Å²) in [4.78, 5) is 0. The van der Waals surface area contributed by atoms with Crippen molar-refractivity contribution < 1.29 is 0 Å². The molecule has 1 aromatic carbocycles. The van der Waals surface area contributed by atoms with Crippen LogP contribution in [0.25, 0.3) is 11.1 Å². The van der Waals surface area contributed by atoms with Crippen molar-refractivity contribution in [2.24, 2.45) is 7.05 Å². The molecule has 0 saturated heterocycles. The van der Waals surface area contributed by atoms with Gasteiger partial charge in [-0.05, 0) is 18.9 Å². The van der Waals surface area contributed by atoms with Crippen molar-refractivity contribution in [3.8, 4) is 11.1 Å². The summed E-state index contributed by atoms with van der Waals surface area (Å²) >= 11 is 6.36. The molecule has 1 saturated carbocycles. The van der Waals surface area contributed by atoms with E-state index in [0.29, 0.717) is 11.7 Å². The average molecular weight is 290 g/mol. The van der Waals surface area contributed by atoms with Crippen LogP contribution < -0.4 is 5.73 Å². The van der Waals surface area contributed by atoms with Crippen molar-refractivity contribution >= 4 is 17.4 Å². The molecule has 0 spiro atoms. The Kier molecular flexibility index (Phi) is 3.70. The zero-order valence-corrected chi connectivity index (χ0v) is 12.5. The van der Waals surface area contributed by atoms with Crippen LogP contribution in [0, 0.1) is 0 Å². The minimum absolute atomic E-state index is 0.513. The predicted octanol–water partition coefficient (Wildman–Crippen LogP) is 4.37. The minimum Gasteiger partial charge on any atom is -0.383 e. The molecule has 1 heterocycles. The Morgan fingerprint density at radius 2 is 1.90 bits per heavy atom. The lowest BCUT2D eigenvalue weighted by atomic mass is 9.84. The second-order valence-electron chi connectivity index (χ2n) is 5.58. The molecule has 1 aliphatic rings. The topological polar surface area (TPSA) is 43.8 Å². The maximum atomic E-state index is 6.36. The van der Waals surface area contributed by atoms with E-state index in [1.807, 2.05) is 31.3 Å². The minimum atomic E-state index is 0.513. The van der Waals surface area contributed by atoms with Crippen molar-refractivity contribution in [1.82, 2.24) is 9.78 Å². The number of aryl methyl sites for hydroxylation is 1. The predicted molar refractivity (Wildman–Crippen MR) is 83.9 cm³/mol. The van der Waals surface area contributed by atoms with Crippen LogP contribution in [-0.4, -0.2) is 9.78 Å². The van der Waals surface area contributed by atoms with Gasteiger partial charge in [-0.1, -0.05) is 49.1 Å². The Labute approximate surface area is 124 Å². The van der Waals surface area contributed by atoms with Crippen LogP contribution >= 0.6 is 11.6 Å². The molecule has 3 rings (SSSR count). The number of halogens is 1. The fourth-order valence-corrected chi connectivity index (χ4v) is 3.39. The second-order valence-corrected chi connectivity index (χ2v) is 5.99. The van der Waals surface area contributed by atoms with Crippen LogP contribution in [0.5, 0.6) is 0 Å². The highest BCUT2D eigenvalue weighted by molar-refractivity contribution is 6.33. The van der Waals surface area contributed by atoms with Crippen LogP contribution in [0.3, 0.4) is 0 Å². The van der Waals surface area contributed by atoms with E-state index < -0.39 is 0 Å². The summed E-state index contributed by atoms with van der Waals surface area (Å²) < 4.78 is 1.78. The van der Waals surface area contributed by atoms with Crippen molar-refractivity contribution in [2.45, 2.75) is 38.0 Å². The van der Waals surface area contributed by atoms with Crippen LogP contribution in [0.1, 0.15) is 43.7 Å². The van der Waals surface area contributed by atoms with Crippen LogP contribution in [0.4, 0.5) is 5.82 Å². The largest absolute Gasteiger partial charge is 0.383 e. The molecule has 3 nitrogen and oxygen atoms in total. The van der Waals surface area contributed by atoms with Gasteiger partial charge in [0.25, 0.3) is 0 Å². The van der Waals surface area contributed by atoms with E-state index in [1.54, 1.807) is 4.68 Å². The van der Waals surface area contributed by atoms with Gasteiger partial charge in [-0.25, -0.2) is 0 Å². The summed E-state index contributed by atoms with van der Waals surface area (Å²) in [5.41, 5.74) is 9.41. The summed E-state index contributed by atoms with van der Waals surface area (Å²) in [6.07, 6.45) is 6.30. The van der Waals surface area contributed by atoms with Crippen molar-refractivity contribution in [3.05, 3.63) is 35.0 Å². The molecule has 0 bridgehead atoms. The number of nitrogens with zero attached hydrogens (tertiary/aromatic N) is 2. The number of anilines is 1. The standard InChI is InChI=1S/C16H20ClN3/c1-20-16(18)14(12-9-5-6-10-13(12)17)15(19-20)11-7-3-2-4-8-11/h5-6,9-11H,2-4,7-8,18H2,1H3. The van der Waals surface area contributed by atoms with E-state index >= 15 is 0 Å². The summed E-state index contributed by atoms with van der Waals surface area (Å²) in [7, 11) is 1.90. The first-order valence-corrected chi connectivity index (χ1v) is 7.63. The van der Waals surface area contributed by atoms with E-state index in [2.05, 4.69) is 5.10 Å². The lowest BCUT2D eigenvalue weighted by molar-refractivity contribution is 0.434. The van der Waals surface area contributed by atoms with Gasteiger partial charge in [-0.2, -0.15) is 5.10 Å². The number of benzene rings is 1. The Morgan fingerprint density at radius 1 is 1.20 bits per heavy atom. The van der Waals surface area contributed by atoms with Gasteiger partial charge in [-0.15, -0.1) is 0 Å². The van der Waals surface area contributed by atoms with Gasteiger partial charge in [0.05, 0.1) is 5.69 Å². The van der Waals surface area contributed by atoms with Gasteiger partial charge in [-0.3, -0.25) is 4.68 Å². The molecule has 4 heteroatoms. The fraction of sp³-hybridized carbons (Fsp3) is 0.438. The molecular weight excluding hydrogens is 270 g/mol. The Balaban J connectivity index is 2.12. The van der Waals surface area contributed by atoms with Crippen molar-refractivity contribution in [1.29, 1.82) is 0 Å². The Hall–Kier alpha value is -1.48. The van der Waals surface area contributed by atoms with Gasteiger partial charge < -0.3 is 5.73 Å². The SMILES string of the molecule is Cn1nc(C2CCCCC2)c(-c2ccccc2Cl)c1N. The summed E-state index contributed by atoms with van der Waals surface area (Å²) in [6.45, 7) is 0. The lowest BCUT2D eigenvalue weighted by Gasteiger charge is -2.21. The summed E-state index contributed by atoms with van der Waals surface area (Å²) in [5.74, 6) is 1.22. The zero-order chi connectivity index (χ0) is 14.1. The van der Waals surface area contributed by atoms with Crippen LogP contribution in [-0.2, 0) is 7.05 Å². The lowest BCUT2D eigenvalue weighted by Crippen LogP contribution is -2.07. The molecule has 1 fully saturated rings. The maximum Gasteiger partial charge on any atom is 0.129 e. The molecule has 0 radical (unpaired) electrons. The molecule has 1 aromatic heterocycles. The number of nitrogen functional groups attached to an aromatic ring is 1. The smallest absolute Gasteiger partial charge is 0.129 e. The van der Waals surface area contributed by atoms with E-state index in [-0.39, 0.29) is 0 Å². The first kappa shape index (κ1) is 13.5. The number of aromatic nitrogens is 2. The van der Waals surface area contributed by atoms with Gasteiger partial charge in [0.15, 0.2) is 0 Å². The molecule has 0 amide bonds. The number of hydrogen-bond acceptors (Lipinski definition) is 2. The highest BCUT2D eigenvalue weighted by Gasteiger charge is 2.25. The third kappa shape index (κ3) is 2.31. The molecule has 0 aliphatic heterocycles. The van der Waals surface area contributed by atoms with Crippen molar-refractivity contribution in [3.63, 3.8) is 0 Å². The molecule has 20 heavy (non-hydrogen) atoms. The molecule has 106 valence electrons. The maximum absolute atomic E-state index is 6.36. The van der Waals surface area contributed by atoms with Crippen LogP contribution in [0.2, 0.25) is 5.02 Å². The van der Waals surface area contributed by atoms with E-state index in [0.717, 1.165) is 21.8 Å². The first-order valence-electron chi connectivity index (χ1n) is 7.25. The van der Waals surface area contributed by atoms with Gasteiger partial charge in [0, 0.05) is 29.1 Å². The summed E-state index contributed by atoms with van der Waals surface area (Å²) in [5, 5.41) is 5.42. The van der Waals surface area contributed by atoms with Crippen LogP contribution in [0.15, 0.2) is 24.3 Å². The first-order chi connectivity index (χ1) is 9.68. The Bertz CT molecular complexity index is 612. The number of hydrogen-bond donors (Lipinski definition) is 1. The van der Waals surface area contributed by atoms with E-state index in [1.165, 1.54) is 32.1 Å². The van der Waals surface area contributed by atoms with E-state index in [4.69, 9.17) is 17.3 Å². The van der Waals surface area contributed by atoms with Crippen molar-refractivity contribution in [2.75, 3.05) is 5.73 Å². The molecule has 0 atom stereocenters. The summed E-state index contributed by atoms with van der Waals surface area (Å²) in [6, 6.07) is 7.88. The molecule has 1 aliphatic carbocycles. The van der Waals surface area contributed by atoms with Gasteiger partial charge in [0.2, 0.25) is 0 Å². The normalized spacial score (nSPS) is 16.5. The van der Waals surface area contributed by atoms with E-state index in [9.17, 15) is 0 Å². The third-order valence-electron chi connectivity index (χ3n) is 4.25. The molecule has 0 unspecified atom stereocenters.